The van der Waals surface area contributed by atoms with Gasteiger partial charge in [-0.05, 0) is 19.4 Å². The minimum Gasteiger partial charge on any atom is -0.501 e. The van der Waals surface area contributed by atoms with Crippen LogP contribution in [0.15, 0.2) is 29.8 Å². The summed E-state index contributed by atoms with van der Waals surface area (Å²) in [5.74, 6) is -5.11. The van der Waals surface area contributed by atoms with Gasteiger partial charge in [-0.25, -0.2) is 8.78 Å². The van der Waals surface area contributed by atoms with E-state index in [-0.39, 0.29) is 12.0 Å². The number of Topliss-reactive ketones (excluding diaryl/α,β-unsaturated/α-hetero) is 1. The van der Waals surface area contributed by atoms with Crippen molar-refractivity contribution < 1.29 is 28.2 Å². The molecule has 1 aliphatic heterocycles. The molecule has 124 valence electrons. The van der Waals surface area contributed by atoms with Crippen LogP contribution in [0.25, 0.3) is 0 Å². The van der Waals surface area contributed by atoms with Gasteiger partial charge >= 0.3 is 0 Å². The fraction of sp³-hybridized carbons (Fsp3) is 0.333. The number of ketones is 1. The van der Waals surface area contributed by atoms with E-state index in [0.717, 1.165) is 6.07 Å². The summed E-state index contributed by atoms with van der Waals surface area (Å²) < 4.78 is 32.6. The highest BCUT2D eigenvalue weighted by Crippen LogP contribution is 2.38. The van der Waals surface area contributed by atoms with Gasteiger partial charge in [0.05, 0.1) is 0 Å². The Morgan fingerprint density at radius 3 is 2.78 bits per heavy atom. The zero-order valence-electron chi connectivity index (χ0n) is 12.2. The van der Waals surface area contributed by atoms with Crippen LogP contribution in [0.4, 0.5) is 8.78 Å². The molecule has 8 heteroatoms. The van der Waals surface area contributed by atoms with E-state index < -0.39 is 40.6 Å². The number of nitrogens with one attached hydrogen (secondary N) is 1. The molecule has 2 N–H and O–H groups in total. The predicted molar refractivity (Wildman–Crippen MR) is 80.6 cm³/mol. The molecule has 1 unspecified atom stereocenters. The van der Waals surface area contributed by atoms with E-state index in [1.807, 2.05) is 0 Å². The molecule has 1 aromatic carbocycles. The average Bonchev–Trinajstić information content (AvgIpc) is 2.73. The van der Waals surface area contributed by atoms with Crippen molar-refractivity contribution in [2.45, 2.75) is 25.4 Å². The van der Waals surface area contributed by atoms with E-state index in [1.54, 1.807) is 0 Å². The van der Waals surface area contributed by atoms with Crippen molar-refractivity contribution in [1.82, 2.24) is 5.32 Å². The van der Waals surface area contributed by atoms with E-state index in [1.165, 1.54) is 19.1 Å². The van der Waals surface area contributed by atoms with Crippen LogP contribution in [-0.2, 0) is 19.9 Å². The van der Waals surface area contributed by atoms with Gasteiger partial charge in [0.1, 0.15) is 0 Å². The predicted octanol–water partition coefficient (Wildman–Crippen LogP) is 2.80. The van der Waals surface area contributed by atoms with Crippen molar-refractivity contribution in [3.05, 3.63) is 47.0 Å². The lowest BCUT2D eigenvalue weighted by molar-refractivity contribution is -0.133. The van der Waals surface area contributed by atoms with Crippen molar-refractivity contribution >= 4 is 27.6 Å². The molecule has 0 fully saturated rings. The van der Waals surface area contributed by atoms with Crippen molar-refractivity contribution in [3.63, 3.8) is 0 Å². The molecular formula is C15H14BrF2NO4. The van der Waals surface area contributed by atoms with Crippen LogP contribution in [0.1, 0.15) is 25.3 Å². The fourth-order valence-corrected chi connectivity index (χ4v) is 2.46. The minimum atomic E-state index is -1.95. The number of halogens is 3. The molecule has 5 nitrogen and oxygen atoms in total. The summed E-state index contributed by atoms with van der Waals surface area (Å²) in [5, 5.41) is 12.7. The Morgan fingerprint density at radius 2 is 2.13 bits per heavy atom. The van der Waals surface area contributed by atoms with Gasteiger partial charge in [-0.1, -0.05) is 28.1 Å². The first-order valence-electron chi connectivity index (χ1n) is 6.78. The topological polar surface area (TPSA) is 75.6 Å². The van der Waals surface area contributed by atoms with Crippen molar-refractivity contribution in [2.75, 3.05) is 5.33 Å². The van der Waals surface area contributed by atoms with Crippen molar-refractivity contribution in [2.24, 2.45) is 0 Å². The number of carbonyl (C=O) groups is 2. The molecule has 0 aliphatic carbocycles. The summed E-state index contributed by atoms with van der Waals surface area (Å²) in [6.07, 6.45) is 0.689. The van der Waals surface area contributed by atoms with Gasteiger partial charge in [-0.2, -0.15) is 0 Å². The third-order valence-electron chi connectivity index (χ3n) is 3.43. The molecule has 0 saturated heterocycles. The highest BCUT2D eigenvalue weighted by atomic mass is 79.9. The van der Waals surface area contributed by atoms with E-state index in [0.29, 0.717) is 11.8 Å². The Morgan fingerprint density at radius 1 is 1.43 bits per heavy atom. The lowest BCUT2D eigenvalue weighted by atomic mass is 9.91. The zero-order valence-corrected chi connectivity index (χ0v) is 13.7. The normalized spacial score (nSPS) is 20.6. The average molecular weight is 390 g/mol. The van der Waals surface area contributed by atoms with Gasteiger partial charge in [-0.15, -0.1) is 0 Å². The van der Waals surface area contributed by atoms with E-state index in [2.05, 4.69) is 21.2 Å². The Kier molecular flexibility index (Phi) is 5.03. The summed E-state index contributed by atoms with van der Waals surface area (Å²) in [6, 6.07) is 3.30. The van der Waals surface area contributed by atoms with Crippen molar-refractivity contribution in [3.8, 4) is 0 Å². The lowest BCUT2D eigenvalue weighted by Gasteiger charge is -2.24. The molecule has 0 radical (unpaired) electrons. The molecule has 23 heavy (non-hydrogen) atoms. The van der Waals surface area contributed by atoms with Crippen LogP contribution in [0.5, 0.6) is 0 Å². The number of alkyl halides is 1. The Balaban J connectivity index is 2.27. The van der Waals surface area contributed by atoms with Gasteiger partial charge in [0.25, 0.3) is 5.78 Å². The Hall–Kier alpha value is -1.96. The van der Waals surface area contributed by atoms with Gasteiger partial charge < -0.3 is 9.84 Å². The monoisotopic (exact) mass is 389 g/mol. The Labute approximate surface area is 139 Å². The third kappa shape index (κ3) is 3.21. The molecular weight excluding hydrogens is 376 g/mol. The molecule has 1 atom stereocenters. The van der Waals surface area contributed by atoms with Gasteiger partial charge in [0.2, 0.25) is 23.2 Å². The number of carbonyl (C=O) groups excluding carboxylic acids is 2. The number of aliphatic hydroxyl groups excluding tert-OH is 1. The molecule has 0 saturated carbocycles. The van der Waals surface area contributed by atoms with E-state index >= 15 is 0 Å². The molecule has 2 rings (SSSR count). The first-order valence-corrected chi connectivity index (χ1v) is 7.90. The van der Waals surface area contributed by atoms with Crippen LogP contribution in [0.2, 0.25) is 0 Å². The van der Waals surface area contributed by atoms with Gasteiger partial charge in [0, 0.05) is 17.3 Å². The maximum absolute atomic E-state index is 14.0. The highest BCUT2D eigenvalue weighted by molar-refractivity contribution is 9.09. The summed E-state index contributed by atoms with van der Waals surface area (Å²) in [5.41, 5.74) is -2.31. The summed E-state index contributed by atoms with van der Waals surface area (Å²) in [4.78, 5) is 23.9. The van der Waals surface area contributed by atoms with E-state index in [9.17, 15) is 23.5 Å². The second-order valence-electron chi connectivity index (χ2n) is 5.08. The highest BCUT2D eigenvalue weighted by Gasteiger charge is 2.50. The van der Waals surface area contributed by atoms with Crippen LogP contribution in [-0.4, -0.2) is 22.1 Å². The van der Waals surface area contributed by atoms with Gasteiger partial charge in [0.15, 0.2) is 11.6 Å². The smallest absolute Gasteiger partial charge is 0.250 e. The summed E-state index contributed by atoms with van der Waals surface area (Å²) in [6.45, 7) is 1.20. The minimum absolute atomic E-state index is 0.143. The van der Waals surface area contributed by atoms with Crippen LogP contribution in [0.3, 0.4) is 0 Å². The van der Waals surface area contributed by atoms with Crippen LogP contribution in [0, 0.1) is 11.6 Å². The fourth-order valence-electron chi connectivity index (χ4n) is 2.18. The molecule has 1 aliphatic rings. The van der Waals surface area contributed by atoms with Crippen LogP contribution >= 0.6 is 15.9 Å². The lowest BCUT2D eigenvalue weighted by Crippen LogP contribution is -2.33. The number of hydrogen-bond acceptors (Lipinski definition) is 4. The quantitative estimate of drug-likeness (QED) is 0.759. The van der Waals surface area contributed by atoms with E-state index in [4.69, 9.17) is 4.74 Å². The molecule has 1 aromatic rings. The van der Waals surface area contributed by atoms with Crippen molar-refractivity contribution in [1.29, 1.82) is 0 Å². The first kappa shape index (κ1) is 17.4. The number of rotatable bonds is 5. The SMILES string of the molecule is CC1(c2cccc(F)c2F)OC(NC(=O)CCCBr)=C(O)C1=O. The molecule has 0 aromatic heterocycles. The maximum atomic E-state index is 14.0. The second kappa shape index (κ2) is 6.66. The van der Waals surface area contributed by atoms with Crippen LogP contribution < -0.4 is 5.32 Å². The standard InChI is InChI=1S/C15H14BrF2NO4/c1-15(8-4-2-5-9(17)11(8)18)13(22)12(21)14(23-15)19-10(20)6-3-7-16/h2,4-5,21H,3,6-7H2,1H3,(H,19,20). The maximum Gasteiger partial charge on any atom is 0.250 e. The van der Waals surface area contributed by atoms with Gasteiger partial charge in [-0.3, -0.25) is 14.9 Å². The zero-order chi connectivity index (χ0) is 17.2. The summed E-state index contributed by atoms with van der Waals surface area (Å²) in [7, 11) is 0. The second-order valence-corrected chi connectivity index (χ2v) is 5.88. The number of aliphatic hydroxyl groups is 1. The number of amides is 1. The first-order chi connectivity index (χ1) is 10.8. The molecule has 1 amide bonds. The largest absolute Gasteiger partial charge is 0.501 e. The third-order valence-corrected chi connectivity index (χ3v) is 3.99. The molecule has 0 bridgehead atoms. The number of ether oxygens (including phenoxy) is 1. The summed E-state index contributed by atoms with van der Waals surface area (Å²) >= 11 is 3.17. The number of benzene rings is 1. The number of hydrogen-bond donors (Lipinski definition) is 2. The Bertz CT molecular complexity index is 692. The molecule has 0 spiro atoms. The molecule has 1 heterocycles.